The molecule has 0 unspecified atom stereocenters. The van der Waals surface area contributed by atoms with Crippen molar-refractivity contribution >= 4 is 5.84 Å². The quantitative estimate of drug-likeness (QED) is 0.564. The zero-order chi connectivity index (χ0) is 12.9. The molecule has 1 aliphatic rings. The Morgan fingerprint density at radius 1 is 1.12 bits per heavy atom. The molecule has 1 rings (SSSR count). The molecule has 1 aliphatic heterocycles. The highest BCUT2D eigenvalue weighted by Crippen LogP contribution is 2.17. The molecule has 4 nitrogen and oxygen atoms in total. The van der Waals surface area contributed by atoms with Crippen LogP contribution < -0.4 is 5.73 Å². The normalized spacial score (nSPS) is 19.5. The van der Waals surface area contributed by atoms with Crippen LogP contribution in [0.15, 0.2) is 0 Å². The van der Waals surface area contributed by atoms with E-state index < -0.39 is 12.7 Å². The van der Waals surface area contributed by atoms with Crippen molar-refractivity contribution < 1.29 is 13.2 Å². The van der Waals surface area contributed by atoms with Gasteiger partial charge < -0.3 is 10.6 Å². The van der Waals surface area contributed by atoms with Gasteiger partial charge in [0.25, 0.3) is 0 Å². The molecule has 0 aliphatic carbocycles. The molecule has 7 heteroatoms. The van der Waals surface area contributed by atoms with Crippen LogP contribution in [0.1, 0.15) is 12.8 Å². The van der Waals surface area contributed by atoms with Gasteiger partial charge in [0.15, 0.2) is 0 Å². The second-order valence-corrected chi connectivity index (χ2v) is 4.36. The van der Waals surface area contributed by atoms with Gasteiger partial charge in [-0.1, -0.05) is 0 Å². The molecule has 0 amide bonds. The molecule has 0 spiro atoms. The standard InChI is InChI=1S/C10H19F3N4/c11-10(12,13)8-17-6-4-16(5-7-17)3-1-2-9(14)15/h1-8H2,(H3,14,15). The Morgan fingerprint density at radius 2 is 1.65 bits per heavy atom. The second-order valence-electron chi connectivity index (χ2n) is 4.36. The third-order valence-electron chi connectivity index (χ3n) is 2.79. The Bertz CT molecular complexity index is 246. The number of amidine groups is 1. The molecule has 0 aromatic rings. The van der Waals surface area contributed by atoms with Crippen molar-refractivity contribution in [3.63, 3.8) is 0 Å². The first-order valence-corrected chi connectivity index (χ1v) is 5.71. The average molecular weight is 252 g/mol. The van der Waals surface area contributed by atoms with E-state index in [4.69, 9.17) is 11.1 Å². The molecule has 0 radical (unpaired) electrons. The van der Waals surface area contributed by atoms with E-state index in [2.05, 4.69) is 4.90 Å². The number of nitrogens with zero attached hydrogens (tertiary/aromatic N) is 2. The topological polar surface area (TPSA) is 56.4 Å². The summed E-state index contributed by atoms with van der Waals surface area (Å²) in [5.74, 6) is 0.167. The fourth-order valence-electron chi connectivity index (χ4n) is 1.92. The number of hydrogen-bond donors (Lipinski definition) is 2. The summed E-state index contributed by atoms with van der Waals surface area (Å²) in [5.41, 5.74) is 5.23. The molecular weight excluding hydrogens is 233 g/mol. The molecule has 100 valence electrons. The maximum absolute atomic E-state index is 12.1. The lowest BCUT2D eigenvalue weighted by molar-refractivity contribution is -0.149. The number of piperazine rings is 1. The molecule has 0 saturated carbocycles. The van der Waals surface area contributed by atoms with E-state index in [0.717, 1.165) is 13.0 Å². The molecule has 0 aromatic heterocycles. The number of nitrogens with one attached hydrogen (secondary N) is 1. The van der Waals surface area contributed by atoms with Crippen molar-refractivity contribution in [1.82, 2.24) is 9.80 Å². The first-order valence-electron chi connectivity index (χ1n) is 5.71. The molecule has 1 heterocycles. The number of hydrogen-bond acceptors (Lipinski definition) is 3. The van der Waals surface area contributed by atoms with Gasteiger partial charge in [-0.15, -0.1) is 0 Å². The van der Waals surface area contributed by atoms with E-state index in [-0.39, 0.29) is 5.84 Å². The molecular formula is C10H19F3N4. The summed E-state index contributed by atoms with van der Waals surface area (Å²) in [7, 11) is 0. The van der Waals surface area contributed by atoms with Gasteiger partial charge in [0.2, 0.25) is 0 Å². The van der Waals surface area contributed by atoms with Crippen LogP contribution >= 0.6 is 0 Å². The van der Waals surface area contributed by atoms with Gasteiger partial charge in [0.05, 0.1) is 12.4 Å². The fraction of sp³-hybridized carbons (Fsp3) is 0.900. The van der Waals surface area contributed by atoms with Crippen LogP contribution in [0.3, 0.4) is 0 Å². The molecule has 0 aromatic carbocycles. The van der Waals surface area contributed by atoms with Crippen LogP contribution in [0.2, 0.25) is 0 Å². The van der Waals surface area contributed by atoms with E-state index in [1.807, 2.05) is 0 Å². The van der Waals surface area contributed by atoms with Gasteiger partial charge in [-0.05, 0) is 13.0 Å². The minimum atomic E-state index is -4.10. The summed E-state index contributed by atoms with van der Waals surface area (Å²) >= 11 is 0. The number of halogens is 3. The smallest absolute Gasteiger partial charge is 0.388 e. The zero-order valence-electron chi connectivity index (χ0n) is 9.76. The van der Waals surface area contributed by atoms with Gasteiger partial charge >= 0.3 is 6.18 Å². The van der Waals surface area contributed by atoms with E-state index in [9.17, 15) is 13.2 Å². The van der Waals surface area contributed by atoms with Crippen molar-refractivity contribution in [3.05, 3.63) is 0 Å². The van der Waals surface area contributed by atoms with Crippen molar-refractivity contribution in [2.45, 2.75) is 19.0 Å². The third-order valence-corrected chi connectivity index (χ3v) is 2.79. The maximum atomic E-state index is 12.1. The van der Waals surface area contributed by atoms with Crippen molar-refractivity contribution in [3.8, 4) is 0 Å². The third kappa shape index (κ3) is 6.48. The SMILES string of the molecule is N=C(N)CCCN1CCN(CC(F)(F)F)CC1. The lowest BCUT2D eigenvalue weighted by Gasteiger charge is -2.34. The highest BCUT2D eigenvalue weighted by atomic mass is 19.4. The number of rotatable bonds is 5. The molecule has 17 heavy (non-hydrogen) atoms. The second kappa shape index (κ2) is 6.20. The van der Waals surface area contributed by atoms with Crippen LogP contribution in [0, 0.1) is 5.41 Å². The van der Waals surface area contributed by atoms with E-state index in [1.165, 1.54) is 4.90 Å². The summed E-state index contributed by atoms with van der Waals surface area (Å²) in [4.78, 5) is 3.55. The maximum Gasteiger partial charge on any atom is 0.401 e. The predicted molar refractivity (Wildman–Crippen MR) is 60.1 cm³/mol. The molecule has 1 fully saturated rings. The fourth-order valence-corrected chi connectivity index (χ4v) is 1.92. The first kappa shape index (κ1) is 14.2. The number of alkyl halides is 3. The van der Waals surface area contributed by atoms with Gasteiger partial charge in [0.1, 0.15) is 0 Å². The molecule has 0 bridgehead atoms. The lowest BCUT2D eigenvalue weighted by atomic mass is 10.2. The summed E-state index contributed by atoms with van der Waals surface area (Å²) in [6, 6.07) is 0. The minimum Gasteiger partial charge on any atom is -0.388 e. The van der Waals surface area contributed by atoms with E-state index in [0.29, 0.717) is 32.6 Å². The summed E-state index contributed by atoms with van der Waals surface area (Å²) in [6.45, 7) is 2.23. The largest absolute Gasteiger partial charge is 0.401 e. The Balaban J connectivity index is 2.15. The van der Waals surface area contributed by atoms with Gasteiger partial charge in [-0.2, -0.15) is 13.2 Å². The van der Waals surface area contributed by atoms with Gasteiger partial charge in [0, 0.05) is 32.6 Å². The lowest BCUT2D eigenvalue weighted by Crippen LogP contribution is -2.49. The summed E-state index contributed by atoms with van der Waals surface area (Å²) in [5, 5.41) is 7.07. The predicted octanol–water partition coefficient (Wildman–Crippen LogP) is 0.882. The zero-order valence-corrected chi connectivity index (χ0v) is 9.76. The monoisotopic (exact) mass is 252 g/mol. The Labute approximate surface area is 99.1 Å². The summed E-state index contributed by atoms with van der Waals surface area (Å²) in [6.07, 6.45) is -2.74. The highest BCUT2D eigenvalue weighted by Gasteiger charge is 2.31. The van der Waals surface area contributed by atoms with Crippen molar-refractivity contribution in [1.29, 1.82) is 5.41 Å². The van der Waals surface area contributed by atoms with Crippen LogP contribution in [0.4, 0.5) is 13.2 Å². The Kier molecular flexibility index (Phi) is 5.20. The molecule has 0 atom stereocenters. The van der Waals surface area contributed by atoms with Gasteiger partial charge in [-0.3, -0.25) is 10.3 Å². The first-order chi connectivity index (χ1) is 7.87. The molecule has 3 N–H and O–H groups in total. The van der Waals surface area contributed by atoms with Crippen LogP contribution in [-0.2, 0) is 0 Å². The van der Waals surface area contributed by atoms with E-state index >= 15 is 0 Å². The van der Waals surface area contributed by atoms with Crippen LogP contribution in [0.25, 0.3) is 0 Å². The molecule has 1 saturated heterocycles. The van der Waals surface area contributed by atoms with Crippen LogP contribution in [-0.4, -0.2) is 61.1 Å². The Hall–Kier alpha value is -0.820. The summed E-state index contributed by atoms with van der Waals surface area (Å²) < 4.78 is 36.4. The van der Waals surface area contributed by atoms with E-state index in [1.54, 1.807) is 0 Å². The number of nitrogens with two attached hydrogens (primary N) is 1. The van der Waals surface area contributed by atoms with Crippen molar-refractivity contribution in [2.24, 2.45) is 5.73 Å². The Morgan fingerprint density at radius 3 is 2.12 bits per heavy atom. The highest BCUT2D eigenvalue weighted by molar-refractivity contribution is 5.76. The van der Waals surface area contributed by atoms with Crippen molar-refractivity contribution in [2.75, 3.05) is 39.3 Å². The van der Waals surface area contributed by atoms with Crippen LogP contribution in [0.5, 0.6) is 0 Å². The minimum absolute atomic E-state index is 0.167. The van der Waals surface area contributed by atoms with Gasteiger partial charge in [-0.25, -0.2) is 0 Å². The average Bonchev–Trinajstić information content (AvgIpc) is 2.18.